The van der Waals surface area contributed by atoms with Gasteiger partial charge in [-0.1, -0.05) is 39.8 Å². The number of hydrogen-bond acceptors (Lipinski definition) is 5. The van der Waals surface area contributed by atoms with Crippen molar-refractivity contribution in [3.05, 3.63) is 42.7 Å². The van der Waals surface area contributed by atoms with Crippen molar-refractivity contribution < 1.29 is 23.8 Å². The summed E-state index contributed by atoms with van der Waals surface area (Å²) in [5, 5.41) is 11.6. The van der Waals surface area contributed by atoms with Crippen LogP contribution in [0.5, 0.6) is 0 Å². The van der Waals surface area contributed by atoms with Gasteiger partial charge in [0.1, 0.15) is 17.7 Å². The van der Waals surface area contributed by atoms with Crippen molar-refractivity contribution in [3.8, 4) is 0 Å². The van der Waals surface area contributed by atoms with E-state index in [-0.39, 0.29) is 46.5 Å². The van der Waals surface area contributed by atoms with Crippen molar-refractivity contribution in [2.24, 2.45) is 34.0 Å². The van der Waals surface area contributed by atoms with Crippen LogP contribution in [0.2, 0.25) is 0 Å². The largest absolute Gasteiger partial charge is 0.461 e. The third kappa shape index (κ3) is 3.95. The number of aliphatic hydroxyl groups is 1. The molecule has 1 N–H and O–H groups in total. The molecule has 1 aromatic rings. The first-order chi connectivity index (χ1) is 16.0. The summed E-state index contributed by atoms with van der Waals surface area (Å²) in [6.07, 6.45) is 4.15. The van der Waals surface area contributed by atoms with Crippen molar-refractivity contribution in [2.45, 2.75) is 76.9 Å². The molecule has 1 aromatic carbocycles. The molecule has 4 rings (SSSR count). The molecule has 0 aliphatic heterocycles. The van der Waals surface area contributed by atoms with E-state index in [4.69, 9.17) is 4.74 Å². The number of rotatable bonds is 5. The Labute approximate surface area is 206 Å². The minimum absolute atomic E-state index is 0.0535. The van der Waals surface area contributed by atoms with Gasteiger partial charge in [-0.05, 0) is 61.1 Å². The molecule has 0 heterocycles. The SMILES string of the molecule is C=C[C@]1(C)C[C@@H](OC(=O)CSc2cccc(F)c2)[C@]2(C)[C@H](C)CC[C@]3(CCC(=O)[C@H]32)[C@@H](C)[C@@H]1O. The fourth-order valence-electron chi connectivity index (χ4n) is 7.39. The van der Waals surface area contributed by atoms with Gasteiger partial charge in [0.25, 0.3) is 0 Å². The summed E-state index contributed by atoms with van der Waals surface area (Å²) in [6.45, 7) is 12.4. The molecule has 0 radical (unpaired) electrons. The molecular formula is C28H37FO4S. The summed E-state index contributed by atoms with van der Waals surface area (Å²) in [7, 11) is 0. The molecule has 0 spiro atoms. The highest BCUT2D eigenvalue weighted by molar-refractivity contribution is 8.00. The fourth-order valence-corrected chi connectivity index (χ4v) is 8.12. The lowest BCUT2D eigenvalue weighted by atomic mass is 9.44. The van der Waals surface area contributed by atoms with Crippen LogP contribution in [-0.2, 0) is 14.3 Å². The average Bonchev–Trinajstić information content (AvgIpc) is 3.16. The Morgan fingerprint density at radius 1 is 1.32 bits per heavy atom. The number of hydrogen-bond donors (Lipinski definition) is 1. The lowest BCUT2D eigenvalue weighted by molar-refractivity contribution is -0.205. The number of benzene rings is 1. The molecule has 4 nitrogen and oxygen atoms in total. The number of carbonyl (C=O) groups excluding carboxylic acids is 2. The van der Waals surface area contributed by atoms with Crippen LogP contribution in [0.3, 0.4) is 0 Å². The number of ketones is 1. The maximum Gasteiger partial charge on any atom is 0.316 e. The quantitative estimate of drug-likeness (QED) is 0.321. The number of Topliss-reactive ketones (excluding diaryl/α,β-unsaturated/α-hetero) is 1. The summed E-state index contributed by atoms with van der Waals surface area (Å²) in [5.74, 6) is -0.539. The first-order valence-electron chi connectivity index (χ1n) is 12.4. The summed E-state index contributed by atoms with van der Waals surface area (Å²) < 4.78 is 19.7. The predicted octanol–water partition coefficient (Wildman–Crippen LogP) is 5.82. The minimum Gasteiger partial charge on any atom is -0.461 e. The van der Waals surface area contributed by atoms with E-state index in [2.05, 4.69) is 27.4 Å². The highest BCUT2D eigenvalue weighted by Gasteiger charge is 2.68. The number of ether oxygens (including phenoxy) is 1. The molecule has 2 bridgehead atoms. The number of carbonyl (C=O) groups is 2. The van der Waals surface area contributed by atoms with Gasteiger partial charge in [-0.2, -0.15) is 0 Å². The standard InChI is InChI=1S/C28H37FO4S/c1-6-26(4)15-22(33-23(31)16-34-20-9-7-8-19(29)14-20)27(5)17(2)10-12-28(18(3)25(26)32)13-11-21(30)24(27)28/h6-9,14,17-18,22,24-25,32H,1,10-13,15-16H2,2-5H3/t17-,18+,22-,24+,25+,26-,27+,28+/m1/s1. The molecule has 6 heteroatoms. The molecular weight excluding hydrogens is 451 g/mol. The molecule has 186 valence electrons. The lowest BCUT2D eigenvalue weighted by Gasteiger charge is -2.61. The highest BCUT2D eigenvalue weighted by Crippen LogP contribution is 2.68. The third-order valence-electron chi connectivity index (χ3n) is 9.73. The Hall–Kier alpha value is -1.66. The summed E-state index contributed by atoms with van der Waals surface area (Å²) >= 11 is 1.24. The van der Waals surface area contributed by atoms with Crippen LogP contribution in [-0.4, -0.2) is 34.8 Å². The van der Waals surface area contributed by atoms with Gasteiger partial charge in [0.05, 0.1) is 11.9 Å². The van der Waals surface area contributed by atoms with Gasteiger partial charge in [-0.15, -0.1) is 18.3 Å². The van der Waals surface area contributed by atoms with Gasteiger partial charge < -0.3 is 9.84 Å². The maximum absolute atomic E-state index is 13.5. The Bertz CT molecular complexity index is 981. The molecule has 8 atom stereocenters. The van der Waals surface area contributed by atoms with E-state index in [9.17, 15) is 19.1 Å². The van der Waals surface area contributed by atoms with Crippen molar-refractivity contribution in [2.75, 3.05) is 5.75 Å². The zero-order valence-electron chi connectivity index (χ0n) is 20.7. The first-order valence-corrected chi connectivity index (χ1v) is 13.4. The number of halogens is 1. The Morgan fingerprint density at radius 2 is 2.06 bits per heavy atom. The Balaban J connectivity index is 1.68. The molecule has 3 aliphatic rings. The number of esters is 1. The molecule has 0 unspecified atom stereocenters. The molecule has 0 amide bonds. The van der Waals surface area contributed by atoms with Gasteiger partial charge >= 0.3 is 5.97 Å². The number of aliphatic hydroxyl groups excluding tert-OH is 1. The molecule has 3 aliphatic carbocycles. The first kappa shape index (κ1) is 25.4. The molecule has 34 heavy (non-hydrogen) atoms. The van der Waals surface area contributed by atoms with Gasteiger partial charge in [-0.25, -0.2) is 4.39 Å². The molecule has 3 saturated carbocycles. The summed E-state index contributed by atoms with van der Waals surface area (Å²) in [5.41, 5.74) is -1.46. The lowest BCUT2D eigenvalue weighted by Crippen LogP contribution is -2.63. The van der Waals surface area contributed by atoms with Crippen LogP contribution in [0.1, 0.15) is 59.8 Å². The van der Waals surface area contributed by atoms with Crippen molar-refractivity contribution >= 4 is 23.5 Å². The van der Waals surface area contributed by atoms with E-state index in [0.717, 1.165) is 19.3 Å². The second kappa shape index (κ2) is 9.09. The van der Waals surface area contributed by atoms with E-state index < -0.39 is 23.0 Å². The third-order valence-corrected chi connectivity index (χ3v) is 10.7. The monoisotopic (exact) mass is 488 g/mol. The van der Waals surface area contributed by atoms with E-state index in [0.29, 0.717) is 17.7 Å². The van der Waals surface area contributed by atoms with Crippen LogP contribution >= 0.6 is 11.8 Å². The summed E-state index contributed by atoms with van der Waals surface area (Å²) in [4.78, 5) is 27.2. The van der Waals surface area contributed by atoms with Crippen LogP contribution < -0.4 is 0 Å². The van der Waals surface area contributed by atoms with E-state index in [1.807, 2.05) is 6.92 Å². The van der Waals surface area contributed by atoms with E-state index >= 15 is 0 Å². The second-order valence-corrected chi connectivity index (χ2v) is 12.4. The molecule has 0 saturated heterocycles. The number of thioether (sulfide) groups is 1. The topological polar surface area (TPSA) is 63.6 Å². The predicted molar refractivity (Wildman–Crippen MR) is 132 cm³/mol. The van der Waals surface area contributed by atoms with Crippen LogP contribution in [0.15, 0.2) is 41.8 Å². The van der Waals surface area contributed by atoms with Crippen LogP contribution in [0.25, 0.3) is 0 Å². The normalized spacial score (nSPS) is 41.8. The van der Waals surface area contributed by atoms with Crippen LogP contribution in [0, 0.1) is 39.8 Å². The van der Waals surface area contributed by atoms with Crippen molar-refractivity contribution in [3.63, 3.8) is 0 Å². The maximum atomic E-state index is 13.5. The van der Waals surface area contributed by atoms with Gasteiger partial charge in [0.2, 0.25) is 0 Å². The van der Waals surface area contributed by atoms with E-state index in [1.54, 1.807) is 18.2 Å². The zero-order chi connectivity index (χ0) is 24.9. The fraction of sp³-hybridized carbons (Fsp3) is 0.643. The van der Waals surface area contributed by atoms with Gasteiger partial charge in [0.15, 0.2) is 0 Å². The molecule has 3 fully saturated rings. The Kier molecular flexibility index (Phi) is 6.80. The minimum atomic E-state index is -0.681. The molecule has 0 aromatic heterocycles. The zero-order valence-corrected chi connectivity index (χ0v) is 21.5. The average molecular weight is 489 g/mol. The van der Waals surface area contributed by atoms with E-state index in [1.165, 1.54) is 23.9 Å². The van der Waals surface area contributed by atoms with Gasteiger partial charge in [0, 0.05) is 28.1 Å². The van der Waals surface area contributed by atoms with Crippen LogP contribution in [0.4, 0.5) is 4.39 Å². The smallest absolute Gasteiger partial charge is 0.316 e. The second-order valence-electron chi connectivity index (χ2n) is 11.3. The Morgan fingerprint density at radius 3 is 2.74 bits per heavy atom. The van der Waals surface area contributed by atoms with Gasteiger partial charge in [-0.3, -0.25) is 9.59 Å². The van der Waals surface area contributed by atoms with Crippen molar-refractivity contribution in [1.29, 1.82) is 0 Å². The highest BCUT2D eigenvalue weighted by atomic mass is 32.2. The summed E-state index contributed by atoms with van der Waals surface area (Å²) in [6, 6.07) is 6.15. The van der Waals surface area contributed by atoms with Crippen molar-refractivity contribution in [1.82, 2.24) is 0 Å².